The van der Waals surface area contributed by atoms with Gasteiger partial charge in [-0.05, 0) is 50.7 Å². The first-order valence-corrected chi connectivity index (χ1v) is 8.64. The standard InChI is InChI=1S/C19H27N5/c1-13-7-8-16(14(2)11-13)22-17-20-15(3)21-18(23-17)24-10-6-9-19(4,5)12-24/h7-8,11H,6,9-10,12H2,1-5H3,(H,20,21,22,23). The fourth-order valence-electron chi connectivity index (χ4n) is 3.33. The van der Waals surface area contributed by atoms with Crippen LogP contribution in [0.15, 0.2) is 18.2 Å². The molecule has 0 radical (unpaired) electrons. The van der Waals surface area contributed by atoms with E-state index in [2.05, 4.69) is 71.1 Å². The second-order valence-corrected chi connectivity index (χ2v) is 7.64. The van der Waals surface area contributed by atoms with E-state index in [1.54, 1.807) is 0 Å². The summed E-state index contributed by atoms with van der Waals surface area (Å²) in [6, 6.07) is 6.33. The van der Waals surface area contributed by atoms with Crippen LogP contribution in [0.2, 0.25) is 0 Å². The van der Waals surface area contributed by atoms with Crippen molar-refractivity contribution in [3.8, 4) is 0 Å². The molecule has 128 valence electrons. The first kappa shape index (κ1) is 16.7. The van der Waals surface area contributed by atoms with Gasteiger partial charge in [0.25, 0.3) is 0 Å². The Kier molecular flexibility index (Phi) is 4.43. The minimum atomic E-state index is 0.305. The quantitative estimate of drug-likeness (QED) is 0.918. The van der Waals surface area contributed by atoms with Crippen molar-refractivity contribution in [2.75, 3.05) is 23.3 Å². The first-order valence-electron chi connectivity index (χ1n) is 8.64. The monoisotopic (exact) mass is 325 g/mol. The number of nitrogens with one attached hydrogen (secondary N) is 1. The molecule has 0 spiro atoms. The van der Waals surface area contributed by atoms with Crippen molar-refractivity contribution >= 4 is 17.6 Å². The predicted molar refractivity (Wildman–Crippen MR) is 99.0 cm³/mol. The van der Waals surface area contributed by atoms with E-state index in [4.69, 9.17) is 0 Å². The van der Waals surface area contributed by atoms with Gasteiger partial charge in [0.15, 0.2) is 0 Å². The molecule has 3 rings (SSSR count). The summed E-state index contributed by atoms with van der Waals surface area (Å²) in [7, 11) is 0. The second kappa shape index (κ2) is 6.38. The summed E-state index contributed by atoms with van der Waals surface area (Å²) in [4.78, 5) is 16.0. The number of rotatable bonds is 3. The molecule has 1 N–H and O–H groups in total. The van der Waals surface area contributed by atoms with Gasteiger partial charge in [0, 0.05) is 18.8 Å². The Bertz CT molecular complexity index is 739. The minimum Gasteiger partial charge on any atom is -0.340 e. The van der Waals surface area contributed by atoms with Gasteiger partial charge in [-0.3, -0.25) is 0 Å². The molecular formula is C19H27N5. The zero-order valence-electron chi connectivity index (χ0n) is 15.3. The maximum absolute atomic E-state index is 4.67. The maximum Gasteiger partial charge on any atom is 0.232 e. The van der Waals surface area contributed by atoms with Crippen LogP contribution in [0, 0.1) is 26.2 Å². The van der Waals surface area contributed by atoms with Gasteiger partial charge in [0.2, 0.25) is 11.9 Å². The van der Waals surface area contributed by atoms with Gasteiger partial charge in [-0.25, -0.2) is 0 Å². The van der Waals surface area contributed by atoms with E-state index in [0.29, 0.717) is 11.4 Å². The van der Waals surface area contributed by atoms with Crippen molar-refractivity contribution in [1.29, 1.82) is 0 Å². The van der Waals surface area contributed by atoms with Crippen LogP contribution >= 0.6 is 0 Å². The Balaban J connectivity index is 1.86. The molecule has 1 aliphatic rings. The van der Waals surface area contributed by atoms with Crippen molar-refractivity contribution in [1.82, 2.24) is 15.0 Å². The Morgan fingerprint density at radius 2 is 1.88 bits per heavy atom. The molecule has 24 heavy (non-hydrogen) atoms. The van der Waals surface area contributed by atoms with E-state index in [1.165, 1.54) is 24.0 Å². The van der Waals surface area contributed by atoms with Gasteiger partial charge in [-0.1, -0.05) is 31.5 Å². The number of hydrogen-bond donors (Lipinski definition) is 1. The Labute approximate surface area is 144 Å². The molecule has 2 heterocycles. The fourth-order valence-corrected chi connectivity index (χ4v) is 3.33. The summed E-state index contributed by atoms with van der Waals surface area (Å²) < 4.78 is 0. The highest BCUT2D eigenvalue weighted by Gasteiger charge is 2.28. The molecule has 5 heteroatoms. The number of aromatic nitrogens is 3. The zero-order chi connectivity index (χ0) is 17.3. The summed E-state index contributed by atoms with van der Waals surface area (Å²) in [5.74, 6) is 2.14. The lowest BCUT2D eigenvalue weighted by molar-refractivity contribution is 0.291. The first-order chi connectivity index (χ1) is 11.3. The van der Waals surface area contributed by atoms with Gasteiger partial charge in [0.05, 0.1) is 0 Å². The molecule has 0 atom stereocenters. The average Bonchev–Trinajstić information content (AvgIpc) is 2.48. The molecule has 1 aromatic heterocycles. The van der Waals surface area contributed by atoms with Gasteiger partial charge in [0.1, 0.15) is 5.82 Å². The third-order valence-electron chi connectivity index (χ3n) is 4.55. The average molecular weight is 325 g/mol. The van der Waals surface area contributed by atoms with Crippen molar-refractivity contribution < 1.29 is 0 Å². The van der Waals surface area contributed by atoms with Crippen molar-refractivity contribution in [2.24, 2.45) is 5.41 Å². The molecule has 0 amide bonds. The summed E-state index contributed by atoms with van der Waals surface area (Å²) in [6.45, 7) is 12.7. The molecule has 0 aliphatic carbocycles. The minimum absolute atomic E-state index is 0.305. The lowest BCUT2D eigenvalue weighted by Gasteiger charge is -2.38. The number of piperidine rings is 1. The van der Waals surface area contributed by atoms with Crippen LogP contribution in [-0.2, 0) is 0 Å². The SMILES string of the molecule is Cc1ccc(Nc2nc(C)nc(N3CCCC(C)(C)C3)n2)c(C)c1. The number of nitrogens with zero attached hydrogens (tertiary/aromatic N) is 4. The molecule has 2 aromatic rings. The molecule has 1 fully saturated rings. The van der Waals surface area contributed by atoms with Crippen molar-refractivity contribution in [2.45, 2.75) is 47.5 Å². The van der Waals surface area contributed by atoms with Crippen LogP contribution in [0.4, 0.5) is 17.6 Å². The molecule has 5 nitrogen and oxygen atoms in total. The van der Waals surface area contributed by atoms with Gasteiger partial charge >= 0.3 is 0 Å². The fraction of sp³-hybridized carbons (Fsp3) is 0.526. The largest absolute Gasteiger partial charge is 0.340 e. The molecule has 0 saturated carbocycles. The Morgan fingerprint density at radius 3 is 2.58 bits per heavy atom. The third-order valence-corrected chi connectivity index (χ3v) is 4.55. The summed E-state index contributed by atoms with van der Waals surface area (Å²) in [5, 5.41) is 3.35. The Morgan fingerprint density at radius 1 is 1.08 bits per heavy atom. The van der Waals surface area contributed by atoms with Crippen LogP contribution in [0.25, 0.3) is 0 Å². The lowest BCUT2D eigenvalue weighted by Crippen LogP contribution is -2.41. The van der Waals surface area contributed by atoms with Crippen LogP contribution < -0.4 is 10.2 Å². The lowest BCUT2D eigenvalue weighted by atomic mass is 9.84. The summed E-state index contributed by atoms with van der Waals surface area (Å²) >= 11 is 0. The van der Waals surface area contributed by atoms with Crippen LogP contribution in [0.3, 0.4) is 0 Å². The third kappa shape index (κ3) is 3.83. The molecule has 0 bridgehead atoms. The van der Waals surface area contributed by atoms with Gasteiger partial charge in [-0.15, -0.1) is 0 Å². The predicted octanol–water partition coefficient (Wildman–Crippen LogP) is 4.17. The smallest absolute Gasteiger partial charge is 0.232 e. The molecule has 0 unspecified atom stereocenters. The van der Waals surface area contributed by atoms with Crippen molar-refractivity contribution in [3.63, 3.8) is 0 Å². The van der Waals surface area contributed by atoms with Gasteiger partial charge in [-0.2, -0.15) is 15.0 Å². The number of hydrogen-bond acceptors (Lipinski definition) is 5. The van der Waals surface area contributed by atoms with Crippen LogP contribution in [-0.4, -0.2) is 28.0 Å². The number of benzene rings is 1. The highest BCUT2D eigenvalue weighted by Crippen LogP contribution is 2.30. The van der Waals surface area contributed by atoms with Gasteiger partial charge < -0.3 is 10.2 Å². The highest BCUT2D eigenvalue weighted by atomic mass is 15.3. The maximum atomic E-state index is 4.67. The van der Waals surface area contributed by atoms with E-state index < -0.39 is 0 Å². The molecular weight excluding hydrogens is 298 g/mol. The second-order valence-electron chi connectivity index (χ2n) is 7.64. The van der Waals surface area contributed by atoms with Crippen LogP contribution in [0.5, 0.6) is 0 Å². The molecule has 1 aliphatic heterocycles. The topological polar surface area (TPSA) is 53.9 Å². The van der Waals surface area contributed by atoms with E-state index in [-0.39, 0.29) is 0 Å². The highest BCUT2D eigenvalue weighted by molar-refractivity contribution is 5.59. The zero-order valence-corrected chi connectivity index (χ0v) is 15.3. The van der Waals surface area contributed by atoms with E-state index in [9.17, 15) is 0 Å². The van der Waals surface area contributed by atoms with Crippen molar-refractivity contribution in [3.05, 3.63) is 35.2 Å². The number of anilines is 3. The summed E-state index contributed by atoms with van der Waals surface area (Å²) in [6.07, 6.45) is 2.43. The van der Waals surface area contributed by atoms with Crippen LogP contribution in [0.1, 0.15) is 43.6 Å². The van der Waals surface area contributed by atoms with E-state index in [1.807, 2.05) is 6.92 Å². The van der Waals surface area contributed by atoms with E-state index in [0.717, 1.165) is 30.5 Å². The number of aryl methyl sites for hydroxylation is 3. The van der Waals surface area contributed by atoms with E-state index >= 15 is 0 Å². The molecule has 1 saturated heterocycles. The Hall–Kier alpha value is -2.17. The molecule has 1 aromatic carbocycles. The summed E-state index contributed by atoms with van der Waals surface area (Å²) in [5.41, 5.74) is 3.78. The normalized spacial score (nSPS) is 17.0.